The molecule has 1 saturated heterocycles. The third-order valence-electron chi connectivity index (χ3n) is 4.06. The summed E-state index contributed by atoms with van der Waals surface area (Å²) in [4.78, 5) is 12.5. The average molecular weight is 429 g/mol. The molecule has 1 aliphatic rings. The highest BCUT2D eigenvalue weighted by atomic mass is 19.4. The van der Waals surface area contributed by atoms with Crippen LogP contribution < -0.4 is 25.6 Å². The first kappa shape index (κ1) is 23.1. The van der Waals surface area contributed by atoms with Crippen LogP contribution >= 0.6 is 0 Å². The molecular formula is C17H21F6N3O3. The van der Waals surface area contributed by atoms with E-state index >= 15 is 0 Å². The van der Waals surface area contributed by atoms with E-state index in [0.717, 1.165) is 31.0 Å². The minimum Gasteiger partial charge on any atom is -0.484 e. The van der Waals surface area contributed by atoms with E-state index in [9.17, 15) is 31.1 Å². The van der Waals surface area contributed by atoms with E-state index < -0.39 is 48.4 Å². The number of hydrogen-bond donors (Lipinski definition) is 3. The van der Waals surface area contributed by atoms with Crippen LogP contribution in [0.1, 0.15) is 36.5 Å². The van der Waals surface area contributed by atoms with Gasteiger partial charge in [0, 0.05) is 0 Å². The minimum absolute atomic E-state index is 0.339. The largest absolute Gasteiger partial charge is 0.484 e. The number of carbonyl (C=O) groups excluding carboxylic acids is 1. The molecule has 1 atom stereocenters. The summed E-state index contributed by atoms with van der Waals surface area (Å²) in [5.74, 6) is -1.66. The predicted octanol–water partition coefficient (Wildman–Crippen LogP) is 3.29. The second-order valence-corrected chi connectivity index (χ2v) is 6.76. The zero-order valence-electron chi connectivity index (χ0n) is 15.5. The van der Waals surface area contributed by atoms with E-state index in [1.165, 1.54) is 0 Å². The second-order valence-electron chi connectivity index (χ2n) is 6.76. The Morgan fingerprint density at radius 2 is 1.76 bits per heavy atom. The number of hydrogen-bond acceptors (Lipinski definition) is 5. The maximum absolute atomic E-state index is 12.5. The third-order valence-corrected chi connectivity index (χ3v) is 4.06. The summed E-state index contributed by atoms with van der Waals surface area (Å²) in [5, 5.41) is 3.15. The van der Waals surface area contributed by atoms with Crippen LogP contribution in [0.15, 0.2) is 18.2 Å². The zero-order chi connectivity index (χ0) is 21.7. The van der Waals surface area contributed by atoms with Crippen LogP contribution in [0.3, 0.4) is 0 Å². The van der Waals surface area contributed by atoms with Crippen molar-refractivity contribution in [3.63, 3.8) is 0 Å². The van der Waals surface area contributed by atoms with Gasteiger partial charge in [-0.2, -0.15) is 26.3 Å². The van der Waals surface area contributed by atoms with E-state index in [0.29, 0.717) is 13.0 Å². The van der Waals surface area contributed by atoms with Gasteiger partial charge in [-0.3, -0.25) is 15.5 Å². The van der Waals surface area contributed by atoms with Crippen LogP contribution in [-0.4, -0.2) is 43.7 Å². The monoisotopic (exact) mass is 429 g/mol. The minimum atomic E-state index is -4.66. The number of amides is 1. The molecular weight excluding hydrogens is 408 g/mol. The Balaban J connectivity index is 2.15. The molecule has 1 amide bonds. The van der Waals surface area contributed by atoms with Crippen LogP contribution in [0.25, 0.3) is 0 Å². The van der Waals surface area contributed by atoms with Gasteiger partial charge in [0.25, 0.3) is 5.91 Å². The first-order valence-corrected chi connectivity index (χ1v) is 8.73. The first-order chi connectivity index (χ1) is 13.4. The molecule has 29 heavy (non-hydrogen) atoms. The van der Waals surface area contributed by atoms with Crippen molar-refractivity contribution >= 4 is 5.91 Å². The van der Waals surface area contributed by atoms with Gasteiger partial charge >= 0.3 is 12.4 Å². The van der Waals surface area contributed by atoms with Gasteiger partial charge in [-0.1, -0.05) is 0 Å². The summed E-state index contributed by atoms with van der Waals surface area (Å²) < 4.78 is 83.5. The van der Waals surface area contributed by atoms with Gasteiger partial charge < -0.3 is 9.47 Å². The SMILES string of the molecule is C[C@@]1(NNC(=O)c2cc(OCC(F)(F)F)ccc2OCC(F)(F)F)CCCCN1. The third kappa shape index (κ3) is 7.97. The van der Waals surface area contributed by atoms with E-state index in [2.05, 4.69) is 25.6 Å². The Labute approximate surface area is 162 Å². The van der Waals surface area contributed by atoms with Gasteiger partial charge in [0.1, 0.15) is 11.5 Å². The summed E-state index contributed by atoms with van der Waals surface area (Å²) in [6.45, 7) is -0.782. The zero-order valence-corrected chi connectivity index (χ0v) is 15.5. The maximum atomic E-state index is 12.5. The van der Waals surface area contributed by atoms with Crippen LogP contribution in [0, 0.1) is 0 Å². The van der Waals surface area contributed by atoms with Gasteiger partial charge in [-0.25, -0.2) is 5.43 Å². The summed E-state index contributed by atoms with van der Waals surface area (Å²) in [6.07, 6.45) is -6.74. The molecule has 0 aliphatic carbocycles. The number of alkyl halides is 6. The highest BCUT2D eigenvalue weighted by molar-refractivity contribution is 5.97. The van der Waals surface area contributed by atoms with Crippen molar-refractivity contribution in [2.45, 2.75) is 44.2 Å². The Hall–Kier alpha value is -2.21. The van der Waals surface area contributed by atoms with Crippen molar-refractivity contribution in [1.82, 2.24) is 16.2 Å². The molecule has 0 unspecified atom stereocenters. The molecule has 164 valence electrons. The summed E-state index contributed by atoms with van der Waals surface area (Å²) in [5.41, 5.74) is 4.08. The van der Waals surface area contributed by atoms with E-state index in [1.807, 2.05) is 0 Å². The fourth-order valence-electron chi connectivity index (χ4n) is 2.65. The number of carbonyl (C=O) groups is 1. The van der Waals surface area contributed by atoms with Crippen molar-refractivity contribution < 1.29 is 40.6 Å². The van der Waals surface area contributed by atoms with Crippen molar-refractivity contribution in [2.24, 2.45) is 0 Å². The summed E-state index contributed by atoms with van der Waals surface area (Å²) in [7, 11) is 0. The van der Waals surface area contributed by atoms with Gasteiger partial charge in [-0.05, 0) is 50.9 Å². The van der Waals surface area contributed by atoms with Crippen molar-refractivity contribution in [3.8, 4) is 11.5 Å². The lowest BCUT2D eigenvalue weighted by atomic mass is 10.0. The Morgan fingerprint density at radius 3 is 2.34 bits per heavy atom. The van der Waals surface area contributed by atoms with E-state index in [-0.39, 0.29) is 5.75 Å². The molecule has 1 aliphatic heterocycles. The van der Waals surface area contributed by atoms with Crippen LogP contribution in [0.4, 0.5) is 26.3 Å². The molecule has 1 heterocycles. The molecule has 3 N–H and O–H groups in total. The molecule has 1 fully saturated rings. The highest BCUT2D eigenvalue weighted by Crippen LogP contribution is 2.28. The number of benzene rings is 1. The smallest absolute Gasteiger partial charge is 0.422 e. The lowest BCUT2D eigenvalue weighted by Crippen LogP contribution is -2.62. The summed E-state index contributed by atoms with van der Waals surface area (Å²) >= 11 is 0. The van der Waals surface area contributed by atoms with Crippen molar-refractivity contribution in [1.29, 1.82) is 0 Å². The van der Waals surface area contributed by atoms with Crippen LogP contribution in [0.2, 0.25) is 0 Å². The molecule has 2 rings (SSSR count). The van der Waals surface area contributed by atoms with Gasteiger partial charge in [0.15, 0.2) is 13.2 Å². The number of nitrogens with one attached hydrogen (secondary N) is 3. The Morgan fingerprint density at radius 1 is 1.10 bits per heavy atom. The highest BCUT2D eigenvalue weighted by Gasteiger charge is 2.31. The lowest BCUT2D eigenvalue weighted by molar-refractivity contribution is -0.154. The van der Waals surface area contributed by atoms with Gasteiger partial charge in [0.2, 0.25) is 0 Å². The lowest BCUT2D eigenvalue weighted by Gasteiger charge is -2.35. The maximum Gasteiger partial charge on any atom is 0.422 e. The molecule has 0 bridgehead atoms. The number of piperidine rings is 1. The van der Waals surface area contributed by atoms with Crippen molar-refractivity contribution in [2.75, 3.05) is 19.8 Å². The Bertz CT molecular complexity index is 703. The number of ether oxygens (including phenoxy) is 2. The van der Waals surface area contributed by atoms with Crippen LogP contribution in [-0.2, 0) is 0 Å². The van der Waals surface area contributed by atoms with Crippen molar-refractivity contribution in [3.05, 3.63) is 23.8 Å². The normalized spacial score (nSPS) is 20.2. The molecule has 1 aromatic rings. The molecule has 1 aromatic carbocycles. The Kier molecular flexibility index (Phi) is 7.22. The first-order valence-electron chi connectivity index (χ1n) is 8.73. The van der Waals surface area contributed by atoms with Crippen LogP contribution in [0.5, 0.6) is 11.5 Å². The van der Waals surface area contributed by atoms with Gasteiger partial charge in [-0.15, -0.1) is 0 Å². The number of hydrazine groups is 1. The topological polar surface area (TPSA) is 71.6 Å². The quantitative estimate of drug-likeness (QED) is 0.459. The molecule has 0 saturated carbocycles. The van der Waals surface area contributed by atoms with E-state index in [1.54, 1.807) is 6.92 Å². The summed E-state index contributed by atoms with van der Waals surface area (Å²) in [6, 6.07) is 2.84. The predicted molar refractivity (Wildman–Crippen MR) is 90.4 cm³/mol. The molecule has 6 nitrogen and oxygen atoms in total. The standard InChI is InChI=1S/C17H21F6N3O3/c1-15(6-2-3-7-24-15)26-25-14(27)12-8-11(28-9-16(18,19)20)4-5-13(12)29-10-17(21,22)23/h4-5,8,24,26H,2-3,6-7,9-10H2,1H3,(H,25,27)/t15-/m1/s1. The number of rotatable bonds is 7. The number of halogens is 6. The molecule has 0 aromatic heterocycles. The molecule has 12 heteroatoms. The average Bonchev–Trinajstić information content (AvgIpc) is 2.62. The fourth-order valence-corrected chi connectivity index (χ4v) is 2.65. The van der Waals surface area contributed by atoms with E-state index in [4.69, 9.17) is 0 Å². The van der Waals surface area contributed by atoms with Gasteiger partial charge in [0.05, 0.1) is 11.2 Å². The second kappa shape index (κ2) is 9.08. The molecule has 0 spiro atoms. The fraction of sp³-hybridized carbons (Fsp3) is 0.588. The molecule has 0 radical (unpaired) electrons.